The van der Waals surface area contributed by atoms with E-state index >= 15 is 0 Å². The molecule has 5 N–H and O–H groups in total. The first kappa shape index (κ1) is 10.9. The number of nitrogens with two attached hydrogens (primary N) is 1. The van der Waals surface area contributed by atoms with E-state index in [-0.39, 0.29) is 11.3 Å². The van der Waals surface area contributed by atoms with Crippen LogP contribution >= 0.6 is 0 Å². The number of benzene rings is 1. The molecule has 2 atom stereocenters. The second-order valence-corrected chi connectivity index (χ2v) is 2.98. The van der Waals surface area contributed by atoms with E-state index in [1.807, 2.05) is 0 Å². The van der Waals surface area contributed by atoms with Crippen LogP contribution in [0.25, 0.3) is 0 Å². The Hall–Kier alpha value is -1.17. The predicted octanol–water partition coefficient (Wildman–Crippen LogP) is -0.205. The molecule has 0 aromatic heterocycles. The van der Waals surface area contributed by atoms with Gasteiger partial charge < -0.3 is 21.1 Å². The topological polar surface area (TPSA) is 86.7 Å². The number of nitrogen functional groups attached to an aromatic ring is 1. The van der Waals surface area contributed by atoms with Crippen molar-refractivity contribution in [2.45, 2.75) is 12.2 Å². The Balaban J connectivity index is 2.99. The summed E-state index contributed by atoms with van der Waals surface area (Å²) in [4.78, 5) is 0. The summed E-state index contributed by atoms with van der Waals surface area (Å²) in [6.07, 6.45) is -2.88. The third-order valence-electron chi connectivity index (χ3n) is 1.89. The molecule has 0 saturated carbocycles. The standard InChI is InChI=1S/C9H12FNO3/c10-7-2-1-5(11)3-6(7)9(14)8(13)4-12/h1-3,8-9,12-14H,4,11H2. The van der Waals surface area contributed by atoms with Crippen LogP contribution in [-0.4, -0.2) is 28.0 Å². The summed E-state index contributed by atoms with van der Waals surface area (Å²) >= 11 is 0. The van der Waals surface area contributed by atoms with Crippen LogP contribution in [0.4, 0.5) is 10.1 Å². The molecule has 0 bridgehead atoms. The van der Waals surface area contributed by atoms with Gasteiger partial charge in [0, 0.05) is 11.3 Å². The highest BCUT2D eigenvalue weighted by Gasteiger charge is 2.20. The lowest BCUT2D eigenvalue weighted by atomic mass is 10.0. The van der Waals surface area contributed by atoms with Crippen molar-refractivity contribution >= 4 is 5.69 Å². The molecule has 0 saturated heterocycles. The monoisotopic (exact) mass is 201 g/mol. The summed E-state index contributed by atoms with van der Waals surface area (Å²) in [5.74, 6) is -0.667. The van der Waals surface area contributed by atoms with Gasteiger partial charge in [-0.05, 0) is 18.2 Å². The van der Waals surface area contributed by atoms with Crippen LogP contribution in [0.3, 0.4) is 0 Å². The minimum Gasteiger partial charge on any atom is -0.399 e. The first-order chi connectivity index (χ1) is 6.56. The van der Waals surface area contributed by atoms with Gasteiger partial charge in [-0.15, -0.1) is 0 Å². The van der Waals surface area contributed by atoms with Crippen LogP contribution in [0.15, 0.2) is 18.2 Å². The second kappa shape index (κ2) is 4.36. The maximum Gasteiger partial charge on any atom is 0.129 e. The minimum absolute atomic E-state index is 0.119. The normalized spacial score (nSPS) is 15.1. The van der Waals surface area contributed by atoms with Crippen molar-refractivity contribution in [1.82, 2.24) is 0 Å². The average molecular weight is 201 g/mol. The summed E-state index contributed by atoms with van der Waals surface area (Å²) < 4.78 is 13.1. The second-order valence-electron chi connectivity index (χ2n) is 2.98. The van der Waals surface area contributed by atoms with E-state index in [1.165, 1.54) is 12.1 Å². The number of hydrogen-bond donors (Lipinski definition) is 4. The Kier molecular flexibility index (Phi) is 3.40. The Morgan fingerprint density at radius 1 is 1.36 bits per heavy atom. The van der Waals surface area contributed by atoms with Gasteiger partial charge in [-0.2, -0.15) is 0 Å². The van der Waals surface area contributed by atoms with Crippen molar-refractivity contribution in [3.63, 3.8) is 0 Å². The predicted molar refractivity (Wildman–Crippen MR) is 48.9 cm³/mol. The SMILES string of the molecule is Nc1ccc(F)c(C(O)C(O)CO)c1. The molecule has 5 heteroatoms. The van der Waals surface area contributed by atoms with Crippen molar-refractivity contribution in [1.29, 1.82) is 0 Å². The molecule has 0 amide bonds. The molecule has 14 heavy (non-hydrogen) atoms. The zero-order valence-electron chi connectivity index (χ0n) is 7.39. The summed E-state index contributed by atoms with van der Waals surface area (Å²) in [6, 6.07) is 3.66. The molecule has 0 aliphatic carbocycles. The smallest absolute Gasteiger partial charge is 0.129 e. The maximum absolute atomic E-state index is 13.1. The van der Waals surface area contributed by atoms with Crippen LogP contribution in [0.1, 0.15) is 11.7 Å². The van der Waals surface area contributed by atoms with E-state index in [0.717, 1.165) is 6.07 Å². The molecule has 1 aromatic carbocycles. The fraction of sp³-hybridized carbons (Fsp3) is 0.333. The quantitative estimate of drug-likeness (QED) is 0.510. The molecular weight excluding hydrogens is 189 g/mol. The summed E-state index contributed by atoms with van der Waals surface area (Å²) in [5.41, 5.74) is 5.55. The number of hydrogen-bond acceptors (Lipinski definition) is 4. The molecule has 2 unspecified atom stereocenters. The molecule has 0 spiro atoms. The molecule has 0 fully saturated rings. The molecule has 0 heterocycles. The van der Waals surface area contributed by atoms with Crippen molar-refractivity contribution in [3.8, 4) is 0 Å². The Morgan fingerprint density at radius 2 is 2.00 bits per heavy atom. The molecule has 1 rings (SSSR count). The molecule has 0 aliphatic heterocycles. The highest BCUT2D eigenvalue weighted by molar-refractivity contribution is 5.42. The van der Waals surface area contributed by atoms with Gasteiger partial charge in [0.2, 0.25) is 0 Å². The van der Waals surface area contributed by atoms with Crippen LogP contribution in [0.5, 0.6) is 0 Å². The van der Waals surface area contributed by atoms with Crippen molar-refractivity contribution in [3.05, 3.63) is 29.6 Å². The molecule has 0 radical (unpaired) electrons. The van der Waals surface area contributed by atoms with Gasteiger partial charge >= 0.3 is 0 Å². The maximum atomic E-state index is 13.1. The van der Waals surface area contributed by atoms with E-state index in [2.05, 4.69) is 0 Å². The van der Waals surface area contributed by atoms with Gasteiger partial charge in [0.15, 0.2) is 0 Å². The van der Waals surface area contributed by atoms with Crippen LogP contribution in [0, 0.1) is 5.82 Å². The van der Waals surface area contributed by atoms with Gasteiger partial charge in [-0.3, -0.25) is 0 Å². The van der Waals surface area contributed by atoms with Crippen LogP contribution in [0.2, 0.25) is 0 Å². The summed E-state index contributed by atoms with van der Waals surface area (Å²) in [5, 5.41) is 27.0. The van der Waals surface area contributed by atoms with E-state index in [0.29, 0.717) is 0 Å². The number of aliphatic hydroxyl groups excluding tert-OH is 3. The third-order valence-corrected chi connectivity index (χ3v) is 1.89. The van der Waals surface area contributed by atoms with Gasteiger partial charge in [0.25, 0.3) is 0 Å². The summed E-state index contributed by atoms with van der Waals surface area (Å²) in [7, 11) is 0. The largest absolute Gasteiger partial charge is 0.399 e. The fourth-order valence-electron chi connectivity index (χ4n) is 1.10. The third kappa shape index (κ3) is 2.20. The number of rotatable bonds is 3. The highest BCUT2D eigenvalue weighted by Crippen LogP contribution is 2.22. The minimum atomic E-state index is -1.47. The first-order valence-electron chi connectivity index (χ1n) is 4.08. The molecule has 4 nitrogen and oxygen atoms in total. The molecule has 0 aliphatic rings. The van der Waals surface area contributed by atoms with Crippen LogP contribution < -0.4 is 5.73 Å². The Labute approximate surface area is 80.4 Å². The van der Waals surface area contributed by atoms with Crippen molar-refractivity contribution in [2.75, 3.05) is 12.3 Å². The van der Waals surface area contributed by atoms with Gasteiger partial charge in [-0.1, -0.05) is 0 Å². The van der Waals surface area contributed by atoms with E-state index in [9.17, 15) is 9.50 Å². The average Bonchev–Trinajstić information content (AvgIpc) is 2.19. The van der Waals surface area contributed by atoms with E-state index < -0.39 is 24.6 Å². The Bertz CT molecular complexity index is 319. The first-order valence-corrected chi connectivity index (χ1v) is 4.08. The lowest BCUT2D eigenvalue weighted by molar-refractivity contribution is -0.0168. The van der Waals surface area contributed by atoms with Gasteiger partial charge in [-0.25, -0.2) is 4.39 Å². The van der Waals surface area contributed by atoms with Gasteiger partial charge in [0.05, 0.1) is 6.61 Å². The van der Waals surface area contributed by atoms with Crippen molar-refractivity contribution in [2.24, 2.45) is 0 Å². The van der Waals surface area contributed by atoms with Crippen LogP contribution in [-0.2, 0) is 0 Å². The number of anilines is 1. The van der Waals surface area contributed by atoms with Crippen molar-refractivity contribution < 1.29 is 19.7 Å². The lowest BCUT2D eigenvalue weighted by Gasteiger charge is -2.16. The highest BCUT2D eigenvalue weighted by atomic mass is 19.1. The van der Waals surface area contributed by atoms with E-state index in [1.54, 1.807) is 0 Å². The van der Waals surface area contributed by atoms with Gasteiger partial charge in [0.1, 0.15) is 18.0 Å². The summed E-state index contributed by atoms with van der Waals surface area (Å²) in [6.45, 7) is -0.643. The zero-order chi connectivity index (χ0) is 10.7. The Morgan fingerprint density at radius 3 is 2.57 bits per heavy atom. The molecular formula is C9H12FNO3. The van der Waals surface area contributed by atoms with E-state index in [4.69, 9.17) is 15.9 Å². The zero-order valence-corrected chi connectivity index (χ0v) is 7.39. The number of aliphatic hydroxyl groups is 3. The fourth-order valence-corrected chi connectivity index (χ4v) is 1.10. The molecule has 1 aromatic rings. The number of halogens is 1. The lowest BCUT2D eigenvalue weighted by Crippen LogP contribution is -2.23. The molecule has 78 valence electrons.